The van der Waals surface area contributed by atoms with Crippen molar-refractivity contribution in [2.75, 3.05) is 25.0 Å². The number of anilines is 1. The Morgan fingerprint density at radius 1 is 1.05 bits per heavy atom. The molecule has 1 N–H and O–H groups in total. The molecule has 0 fully saturated rings. The van der Waals surface area contributed by atoms with E-state index in [9.17, 15) is 0 Å². The largest absolute Gasteiger partial charge is 0.383 e. The first-order valence-electron chi connectivity index (χ1n) is 8.30. The molecule has 22 heavy (non-hydrogen) atoms. The van der Waals surface area contributed by atoms with Crippen LogP contribution < -0.4 is 5.32 Å². The molecule has 120 valence electrons. The van der Waals surface area contributed by atoms with Crippen LogP contribution >= 0.6 is 15.9 Å². The van der Waals surface area contributed by atoms with Crippen LogP contribution in [0, 0.1) is 0 Å². The first kappa shape index (κ1) is 17.3. The Hall–Kier alpha value is -1.06. The Bertz CT molecular complexity index is 593. The van der Waals surface area contributed by atoms with Crippen LogP contribution in [0.25, 0.3) is 10.8 Å². The summed E-state index contributed by atoms with van der Waals surface area (Å²) in [6.07, 6.45) is 2.45. The van der Waals surface area contributed by atoms with Crippen molar-refractivity contribution in [1.29, 1.82) is 0 Å². The van der Waals surface area contributed by atoms with Gasteiger partial charge in [-0.25, -0.2) is 0 Å². The van der Waals surface area contributed by atoms with E-state index in [2.05, 4.69) is 83.3 Å². The maximum Gasteiger partial charge on any atom is 0.0348 e. The summed E-state index contributed by atoms with van der Waals surface area (Å²) in [5.41, 5.74) is 1.21. The van der Waals surface area contributed by atoms with Crippen molar-refractivity contribution in [3.05, 3.63) is 40.9 Å². The van der Waals surface area contributed by atoms with E-state index in [1.807, 2.05) is 0 Å². The first-order valence-corrected chi connectivity index (χ1v) is 9.10. The predicted molar refractivity (Wildman–Crippen MR) is 102 cm³/mol. The molecule has 0 spiro atoms. The molecule has 0 heterocycles. The third-order valence-electron chi connectivity index (χ3n) is 4.22. The number of fused-ring (bicyclic) bond motifs is 1. The number of nitrogens with one attached hydrogen (secondary N) is 1. The molecule has 2 aromatic rings. The standard InChI is InChI=1S/C19H27BrN2/c1-4-22(5-2)12-6-7-15(3)21-19-11-9-16-13-18(20)10-8-17(16)14-19/h8-11,13-15,21H,4-7,12H2,1-3H3. The van der Waals surface area contributed by atoms with E-state index in [4.69, 9.17) is 0 Å². The second-order valence-corrected chi connectivity index (χ2v) is 6.84. The molecule has 0 aliphatic carbocycles. The van der Waals surface area contributed by atoms with Gasteiger partial charge in [0.15, 0.2) is 0 Å². The lowest BCUT2D eigenvalue weighted by molar-refractivity contribution is 0.295. The second kappa shape index (κ2) is 8.54. The lowest BCUT2D eigenvalue weighted by Crippen LogP contribution is -2.25. The van der Waals surface area contributed by atoms with Gasteiger partial charge in [-0.3, -0.25) is 0 Å². The third-order valence-corrected chi connectivity index (χ3v) is 4.71. The smallest absolute Gasteiger partial charge is 0.0348 e. The van der Waals surface area contributed by atoms with E-state index in [0.717, 1.165) is 17.6 Å². The molecule has 0 bridgehead atoms. The van der Waals surface area contributed by atoms with Gasteiger partial charge in [0.05, 0.1) is 0 Å². The van der Waals surface area contributed by atoms with Crippen LogP contribution in [-0.2, 0) is 0 Å². The van der Waals surface area contributed by atoms with Gasteiger partial charge in [0.1, 0.15) is 0 Å². The average molecular weight is 363 g/mol. The third kappa shape index (κ3) is 4.99. The highest BCUT2D eigenvalue weighted by atomic mass is 79.9. The number of nitrogens with zero attached hydrogens (tertiary/aromatic N) is 1. The highest BCUT2D eigenvalue weighted by molar-refractivity contribution is 9.10. The highest BCUT2D eigenvalue weighted by Gasteiger charge is 2.05. The lowest BCUT2D eigenvalue weighted by Gasteiger charge is -2.20. The van der Waals surface area contributed by atoms with Crippen LogP contribution in [0.5, 0.6) is 0 Å². The topological polar surface area (TPSA) is 15.3 Å². The van der Waals surface area contributed by atoms with Gasteiger partial charge >= 0.3 is 0 Å². The van der Waals surface area contributed by atoms with Crippen molar-refractivity contribution in [1.82, 2.24) is 4.90 Å². The van der Waals surface area contributed by atoms with E-state index in [-0.39, 0.29) is 0 Å². The fourth-order valence-electron chi connectivity index (χ4n) is 2.82. The van der Waals surface area contributed by atoms with Crippen LogP contribution in [0.1, 0.15) is 33.6 Å². The van der Waals surface area contributed by atoms with Gasteiger partial charge in [-0.15, -0.1) is 0 Å². The first-order chi connectivity index (χ1) is 10.6. The zero-order valence-corrected chi connectivity index (χ0v) is 15.5. The minimum atomic E-state index is 0.503. The number of hydrogen-bond donors (Lipinski definition) is 1. The molecule has 1 atom stereocenters. The summed E-state index contributed by atoms with van der Waals surface area (Å²) in [6.45, 7) is 10.2. The van der Waals surface area contributed by atoms with Gasteiger partial charge in [0.25, 0.3) is 0 Å². The second-order valence-electron chi connectivity index (χ2n) is 5.92. The van der Waals surface area contributed by atoms with Crippen molar-refractivity contribution in [2.24, 2.45) is 0 Å². The molecular formula is C19H27BrN2. The van der Waals surface area contributed by atoms with Crippen molar-refractivity contribution in [3.8, 4) is 0 Å². The van der Waals surface area contributed by atoms with Crippen LogP contribution in [-0.4, -0.2) is 30.6 Å². The Morgan fingerprint density at radius 3 is 2.45 bits per heavy atom. The number of rotatable bonds is 8. The number of hydrogen-bond acceptors (Lipinski definition) is 2. The maximum absolute atomic E-state index is 3.63. The molecular weight excluding hydrogens is 336 g/mol. The van der Waals surface area contributed by atoms with Crippen molar-refractivity contribution in [2.45, 2.75) is 39.7 Å². The van der Waals surface area contributed by atoms with Gasteiger partial charge in [-0.2, -0.15) is 0 Å². The minimum Gasteiger partial charge on any atom is -0.383 e. The minimum absolute atomic E-state index is 0.503. The van der Waals surface area contributed by atoms with Crippen LogP contribution in [0.15, 0.2) is 40.9 Å². The zero-order chi connectivity index (χ0) is 15.9. The summed E-state index contributed by atoms with van der Waals surface area (Å²) in [5, 5.41) is 6.18. The highest BCUT2D eigenvalue weighted by Crippen LogP contribution is 2.23. The Labute approximate surface area is 143 Å². The molecule has 0 aliphatic rings. The maximum atomic E-state index is 3.63. The fraction of sp³-hybridized carbons (Fsp3) is 0.474. The number of benzene rings is 2. The van der Waals surface area contributed by atoms with Gasteiger partial charge in [0.2, 0.25) is 0 Å². The molecule has 2 nitrogen and oxygen atoms in total. The van der Waals surface area contributed by atoms with Gasteiger partial charge in [0, 0.05) is 16.2 Å². The van der Waals surface area contributed by atoms with E-state index in [0.29, 0.717) is 6.04 Å². The normalized spacial score (nSPS) is 12.8. The summed E-state index contributed by atoms with van der Waals surface area (Å²) in [4.78, 5) is 2.49. The van der Waals surface area contributed by atoms with Gasteiger partial charge in [-0.05, 0) is 74.4 Å². The van der Waals surface area contributed by atoms with E-state index >= 15 is 0 Å². The van der Waals surface area contributed by atoms with E-state index < -0.39 is 0 Å². The van der Waals surface area contributed by atoms with E-state index in [1.165, 1.54) is 35.8 Å². The summed E-state index contributed by atoms with van der Waals surface area (Å²) in [6, 6.07) is 13.5. The summed E-state index contributed by atoms with van der Waals surface area (Å²) < 4.78 is 1.13. The molecule has 0 saturated carbocycles. The molecule has 0 saturated heterocycles. The summed E-state index contributed by atoms with van der Waals surface area (Å²) >= 11 is 3.52. The molecule has 0 amide bonds. The molecule has 0 radical (unpaired) electrons. The Kier molecular flexibility index (Phi) is 6.71. The average Bonchev–Trinajstić information content (AvgIpc) is 2.52. The summed E-state index contributed by atoms with van der Waals surface area (Å²) in [7, 11) is 0. The lowest BCUT2D eigenvalue weighted by atomic mass is 10.1. The Balaban J connectivity index is 1.88. The van der Waals surface area contributed by atoms with Crippen molar-refractivity contribution in [3.63, 3.8) is 0 Å². The fourth-order valence-corrected chi connectivity index (χ4v) is 3.20. The molecule has 1 unspecified atom stereocenters. The van der Waals surface area contributed by atoms with E-state index in [1.54, 1.807) is 0 Å². The molecule has 2 aromatic carbocycles. The van der Waals surface area contributed by atoms with Crippen LogP contribution in [0.3, 0.4) is 0 Å². The zero-order valence-electron chi connectivity index (χ0n) is 13.9. The molecule has 2 rings (SSSR count). The summed E-state index contributed by atoms with van der Waals surface area (Å²) in [5.74, 6) is 0. The Morgan fingerprint density at radius 2 is 1.73 bits per heavy atom. The molecule has 0 aliphatic heterocycles. The quantitative estimate of drug-likeness (QED) is 0.664. The van der Waals surface area contributed by atoms with Crippen molar-refractivity contribution >= 4 is 32.4 Å². The molecule has 0 aromatic heterocycles. The van der Waals surface area contributed by atoms with Crippen molar-refractivity contribution < 1.29 is 0 Å². The SMILES string of the molecule is CCN(CC)CCCC(C)Nc1ccc2cc(Br)ccc2c1. The molecule has 3 heteroatoms. The monoisotopic (exact) mass is 362 g/mol. The van der Waals surface area contributed by atoms with Crippen LogP contribution in [0.4, 0.5) is 5.69 Å². The van der Waals surface area contributed by atoms with Gasteiger partial charge < -0.3 is 10.2 Å². The van der Waals surface area contributed by atoms with Crippen LogP contribution in [0.2, 0.25) is 0 Å². The number of halogens is 1. The van der Waals surface area contributed by atoms with Gasteiger partial charge in [-0.1, -0.05) is 41.9 Å². The predicted octanol–water partition coefficient (Wildman–Crippen LogP) is 5.52.